The van der Waals surface area contributed by atoms with Gasteiger partial charge in [-0.05, 0) is 36.2 Å². The summed E-state index contributed by atoms with van der Waals surface area (Å²) in [6.45, 7) is 0. The molecule has 0 aliphatic carbocycles. The van der Waals surface area contributed by atoms with Gasteiger partial charge >= 0.3 is 0 Å². The topological polar surface area (TPSA) is 38.0 Å². The first-order chi connectivity index (χ1) is 9.92. The van der Waals surface area contributed by atoms with Gasteiger partial charge in [0, 0.05) is 10.6 Å². The summed E-state index contributed by atoms with van der Waals surface area (Å²) in [6, 6.07) is 5.10. The number of rotatable bonds is 4. The Labute approximate surface area is 129 Å². The van der Waals surface area contributed by atoms with Gasteiger partial charge in [0.15, 0.2) is 0 Å². The second-order valence-electron chi connectivity index (χ2n) is 4.45. The number of hydrogen-bond acceptors (Lipinski definition) is 2. The Morgan fingerprint density at radius 1 is 1.00 bits per heavy atom. The summed E-state index contributed by atoms with van der Waals surface area (Å²) in [4.78, 5) is 0. The van der Waals surface area contributed by atoms with E-state index in [9.17, 15) is 13.2 Å². The molecule has 1 unspecified atom stereocenters. The van der Waals surface area contributed by atoms with Crippen molar-refractivity contribution >= 4 is 23.2 Å². The van der Waals surface area contributed by atoms with E-state index in [1.165, 1.54) is 12.1 Å². The average molecular weight is 335 g/mol. The summed E-state index contributed by atoms with van der Waals surface area (Å²) < 4.78 is 41.1. The van der Waals surface area contributed by atoms with Crippen molar-refractivity contribution in [1.29, 1.82) is 0 Å². The van der Waals surface area contributed by atoms with Gasteiger partial charge in [0.05, 0.1) is 11.1 Å². The monoisotopic (exact) mass is 334 g/mol. The van der Waals surface area contributed by atoms with Gasteiger partial charge in [-0.2, -0.15) is 0 Å². The molecular formula is C14H11Cl2F3N2. The van der Waals surface area contributed by atoms with Gasteiger partial charge < -0.3 is 0 Å². The van der Waals surface area contributed by atoms with Crippen LogP contribution in [0.3, 0.4) is 0 Å². The summed E-state index contributed by atoms with van der Waals surface area (Å²) in [5.41, 5.74) is 2.59. The maximum atomic E-state index is 13.9. The molecule has 1 atom stereocenters. The molecule has 0 saturated heterocycles. The van der Waals surface area contributed by atoms with Crippen molar-refractivity contribution in [1.82, 2.24) is 5.43 Å². The Balaban J connectivity index is 2.34. The highest BCUT2D eigenvalue weighted by molar-refractivity contribution is 6.30. The van der Waals surface area contributed by atoms with Crippen molar-refractivity contribution < 1.29 is 13.2 Å². The van der Waals surface area contributed by atoms with Crippen molar-refractivity contribution in [3.8, 4) is 0 Å². The molecule has 2 rings (SSSR count). The van der Waals surface area contributed by atoms with Crippen molar-refractivity contribution in [2.75, 3.05) is 0 Å². The van der Waals surface area contributed by atoms with Gasteiger partial charge in [-0.3, -0.25) is 11.3 Å². The lowest BCUT2D eigenvalue weighted by molar-refractivity contribution is 0.492. The van der Waals surface area contributed by atoms with Crippen molar-refractivity contribution in [2.24, 2.45) is 5.84 Å². The summed E-state index contributed by atoms with van der Waals surface area (Å²) in [6.07, 6.45) is 0.0253. The molecule has 7 heteroatoms. The number of nitrogens with two attached hydrogens (primary N) is 1. The molecule has 21 heavy (non-hydrogen) atoms. The van der Waals surface area contributed by atoms with Crippen molar-refractivity contribution in [3.05, 3.63) is 69.0 Å². The summed E-state index contributed by atoms with van der Waals surface area (Å²) in [5, 5.41) is -0.0816. The predicted octanol–water partition coefficient (Wildman–Crippen LogP) is 4.16. The Hall–Kier alpha value is -1.27. The lowest BCUT2D eigenvalue weighted by Gasteiger charge is -2.18. The van der Waals surface area contributed by atoms with E-state index >= 15 is 0 Å². The third-order valence-corrected chi connectivity index (χ3v) is 3.58. The summed E-state index contributed by atoms with van der Waals surface area (Å²) in [7, 11) is 0. The second-order valence-corrected chi connectivity index (χ2v) is 5.29. The Morgan fingerprint density at radius 3 is 2.33 bits per heavy atom. The van der Waals surface area contributed by atoms with Gasteiger partial charge in [0.25, 0.3) is 0 Å². The first-order valence-corrected chi connectivity index (χ1v) is 6.72. The van der Waals surface area contributed by atoms with Crippen molar-refractivity contribution in [3.63, 3.8) is 0 Å². The Bertz CT molecular complexity index is 665. The lowest BCUT2D eigenvalue weighted by atomic mass is 9.98. The normalized spacial score (nSPS) is 12.5. The number of nitrogens with one attached hydrogen (secondary N) is 1. The molecule has 2 nitrogen and oxygen atoms in total. The zero-order chi connectivity index (χ0) is 15.6. The van der Waals surface area contributed by atoms with Crippen LogP contribution in [0.4, 0.5) is 13.2 Å². The van der Waals surface area contributed by atoms with Crippen molar-refractivity contribution in [2.45, 2.75) is 12.5 Å². The molecular weight excluding hydrogens is 324 g/mol. The van der Waals surface area contributed by atoms with E-state index in [4.69, 9.17) is 29.0 Å². The van der Waals surface area contributed by atoms with E-state index in [1.807, 2.05) is 0 Å². The maximum absolute atomic E-state index is 13.9. The lowest BCUT2D eigenvalue weighted by Crippen LogP contribution is -2.30. The molecule has 2 aromatic rings. The van der Waals surface area contributed by atoms with Crippen LogP contribution >= 0.6 is 23.2 Å². The second kappa shape index (κ2) is 6.66. The summed E-state index contributed by atoms with van der Waals surface area (Å²) in [5.74, 6) is 3.33. The Kier molecular flexibility index (Phi) is 5.11. The molecule has 0 heterocycles. The fourth-order valence-electron chi connectivity index (χ4n) is 1.97. The van der Waals surface area contributed by atoms with Crippen LogP contribution in [-0.2, 0) is 6.42 Å². The van der Waals surface area contributed by atoms with E-state index in [-0.39, 0.29) is 27.6 Å². The number of halogens is 5. The van der Waals surface area contributed by atoms with Gasteiger partial charge in [-0.25, -0.2) is 13.2 Å². The minimum absolute atomic E-state index is 0.0253. The van der Waals surface area contributed by atoms with Crippen LogP contribution < -0.4 is 11.3 Å². The minimum atomic E-state index is -0.813. The zero-order valence-electron chi connectivity index (χ0n) is 10.6. The van der Waals surface area contributed by atoms with Crippen LogP contribution in [0, 0.1) is 17.5 Å². The molecule has 0 radical (unpaired) electrons. The SMILES string of the molecule is NNC(Cc1ccc(Cl)cc1F)c1cc(F)c(Cl)cc1F. The first-order valence-electron chi connectivity index (χ1n) is 5.97. The molecule has 0 bridgehead atoms. The van der Waals surface area contributed by atoms with Crippen LogP contribution in [0.5, 0.6) is 0 Å². The minimum Gasteiger partial charge on any atom is -0.271 e. The fourth-order valence-corrected chi connectivity index (χ4v) is 2.28. The predicted molar refractivity (Wildman–Crippen MR) is 76.5 cm³/mol. The van der Waals surface area contributed by atoms with E-state index in [2.05, 4.69) is 5.43 Å². The van der Waals surface area contributed by atoms with Crippen LogP contribution in [0.25, 0.3) is 0 Å². The molecule has 0 aromatic heterocycles. The average Bonchev–Trinajstić information content (AvgIpc) is 2.43. The number of benzene rings is 2. The molecule has 112 valence electrons. The van der Waals surface area contributed by atoms with Gasteiger partial charge in [0.2, 0.25) is 0 Å². The Morgan fingerprint density at radius 2 is 1.71 bits per heavy atom. The molecule has 0 fully saturated rings. The van der Waals surface area contributed by atoms with E-state index < -0.39 is 23.5 Å². The van der Waals surface area contributed by atoms with Crippen LogP contribution in [0.2, 0.25) is 10.0 Å². The van der Waals surface area contributed by atoms with Crippen LogP contribution in [0.1, 0.15) is 17.2 Å². The molecule has 3 N–H and O–H groups in total. The first kappa shape index (κ1) is 16.1. The highest BCUT2D eigenvalue weighted by Gasteiger charge is 2.19. The van der Waals surface area contributed by atoms with Gasteiger partial charge in [-0.1, -0.05) is 29.3 Å². The van der Waals surface area contributed by atoms with E-state index in [1.54, 1.807) is 0 Å². The van der Waals surface area contributed by atoms with E-state index in [0.717, 1.165) is 18.2 Å². The standard InChI is InChI=1S/C14H11Cl2F3N2/c15-8-2-1-7(11(17)4-8)3-14(21-20)9-5-13(19)10(16)6-12(9)18/h1-2,4-6,14,21H,3,20H2. The maximum Gasteiger partial charge on any atom is 0.142 e. The summed E-state index contributed by atoms with van der Waals surface area (Å²) >= 11 is 11.2. The van der Waals surface area contributed by atoms with Crippen LogP contribution in [-0.4, -0.2) is 0 Å². The zero-order valence-corrected chi connectivity index (χ0v) is 12.2. The molecule has 2 aromatic carbocycles. The largest absolute Gasteiger partial charge is 0.271 e. The fraction of sp³-hybridized carbons (Fsp3) is 0.143. The van der Waals surface area contributed by atoms with E-state index in [0.29, 0.717) is 0 Å². The highest BCUT2D eigenvalue weighted by atomic mass is 35.5. The van der Waals surface area contributed by atoms with Crippen LogP contribution in [0.15, 0.2) is 30.3 Å². The number of hydrogen-bond donors (Lipinski definition) is 2. The van der Waals surface area contributed by atoms with Gasteiger partial charge in [-0.15, -0.1) is 0 Å². The molecule has 0 aliphatic rings. The molecule has 0 aliphatic heterocycles. The highest BCUT2D eigenvalue weighted by Crippen LogP contribution is 2.27. The third-order valence-electron chi connectivity index (χ3n) is 3.06. The molecule has 0 amide bonds. The smallest absolute Gasteiger partial charge is 0.142 e. The van der Waals surface area contributed by atoms with Gasteiger partial charge in [0.1, 0.15) is 17.5 Å². The molecule has 0 saturated carbocycles. The quantitative estimate of drug-likeness (QED) is 0.500. The number of hydrazine groups is 1. The third kappa shape index (κ3) is 3.68. The molecule has 0 spiro atoms.